The average molecular weight is 233 g/mol. The second kappa shape index (κ2) is 4.29. The van der Waals surface area contributed by atoms with Crippen LogP contribution in [0.25, 0.3) is 10.9 Å². The molecule has 0 unspecified atom stereocenters. The highest BCUT2D eigenvalue weighted by molar-refractivity contribution is 5.93. The molecule has 3 N–H and O–H groups in total. The van der Waals surface area contributed by atoms with Gasteiger partial charge in [0.25, 0.3) is 0 Å². The summed E-state index contributed by atoms with van der Waals surface area (Å²) in [5.74, 6) is -1.85. The maximum atomic E-state index is 10.8. The van der Waals surface area contributed by atoms with E-state index < -0.39 is 11.9 Å². The number of aromatic nitrogens is 1. The van der Waals surface area contributed by atoms with Crippen LogP contribution in [-0.2, 0) is 11.2 Å². The summed E-state index contributed by atoms with van der Waals surface area (Å²) in [6, 6.07) is 6.91. The summed E-state index contributed by atoms with van der Waals surface area (Å²) in [4.78, 5) is 24.0. The van der Waals surface area contributed by atoms with E-state index in [2.05, 4.69) is 4.98 Å². The normalized spacial score (nSPS) is 10.6. The van der Waals surface area contributed by atoms with Gasteiger partial charge in [0.15, 0.2) is 0 Å². The van der Waals surface area contributed by atoms with Crippen molar-refractivity contribution < 1.29 is 19.8 Å². The Kier molecular flexibility index (Phi) is 2.82. The van der Waals surface area contributed by atoms with Gasteiger partial charge in [-0.3, -0.25) is 4.79 Å². The van der Waals surface area contributed by atoms with Gasteiger partial charge >= 0.3 is 11.9 Å². The number of aliphatic carboxylic acids is 1. The summed E-state index contributed by atoms with van der Waals surface area (Å²) in [6.45, 7) is 0. The molecule has 0 atom stereocenters. The topological polar surface area (TPSA) is 90.4 Å². The van der Waals surface area contributed by atoms with Crippen LogP contribution >= 0.6 is 0 Å². The zero-order valence-corrected chi connectivity index (χ0v) is 8.93. The predicted octanol–water partition coefficient (Wildman–Crippen LogP) is 1.88. The molecule has 0 spiro atoms. The lowest BCUT2D eigenvalue weighted by atomic mass is 10.1. The van der Waals surface area contributed by atoms with E-state index in [0.717, 1.165) is 16.5 Å². The third kappa shape index (κ3) is 2.44. The van der Waals surface area contributed by atoms with Crippen molar-refractivity contribution in [1.29, 1.82) is 0 Å². The van der Waals surface area contributed by atoms with Crippen molar-refractivity contribution in [2.45, 2.75) is 12.8 Å². The fourth-order valence-corrected chi connectivity index (χ4v) is 1.70. The first-order valence-corrected chi connectivity index (χ1v) is 5.13. The molecule has 0 bridgehead atoms. The van der Waals surface area contributed by atoms with Crippen molar-refractivity contribution >= 4 is 22.8 Å². The second-order valence-corrected chi connectivity index (χ2v) is 3.80. The maximum Gasteiger partial charge on any atom is 0.352 e. The lowest BCUT2D eigenvalue weighted by Crippen LogP contribution is -1.97. The van der Waals surface area contributed by atoms with Crippen LogP contribution in [0.5, 0.6) is 0 Å². The van der Waals surface area contributed by atoms with Crippen molar-refractivity contribution in [3.8, 4) is 0 Å². The summed E-state index contributed by atoms with van der Waals surface area (Å²) in [5, 5.41) is 18.2. The number of nitrogens with one attached hydrogen (secondary N) is 1. The van der Waals surface area contributed by atoms with E-state index in [0.29, 0.717) is 6.42 Å². The van der Waals surface area contributed by atoms with E-state index in [1.54, 1.807) is 24.3 Å². The third-order valence-electron chi connectivity index (χ3n) is 2.54. The molecule has 2 rings (SSSR count). The molecule has 1 aromatic heterocycles. The molecule has 0 saturated heterocycles. The molecule has 0 radical (unpaired) electrons. The van der Waals surface area contributed by atoms with Crippen molar-refractivity contribution in [3.63, 3.8) is 0 Å². The number of carbonyl (C=O) groups is 2. The molecule has 5 nitrogen and oxygen atoms in total. The van der Waals surface area contributed by atoms with Crippen LogP contribution in [0.4, 0.5) is 0 Å². The zero-order chi connectivity index (χ0) is 12.4. The highest BCUT2D eigenvalue weighted by Gasteiger charge is 2.08. The molecule has 0 saturated carbocycles. The van der Waals surface area contributed by atoms with Gasteiger partial charge in [-0.2, -0.15) is 0 Å². The smallest absolute Gasteiger partial charge is 0.352 e. The first-order chi connectivity index (χ1) is 8.06. The van der Waals surface area contributed by atoms with E-state index >= 15 is 0 Å². The van der Waals surface area contributed by atoms with Gasteiger partial charge < -0.3 is 15.2 Å². The van der Waals surface area contributed by atoms with E-state index in [1.165, 1.54) is 0 Å². The number of aryl methyl sites for hydroxylation is 1. The van der Waals surface area contributed by atoms with Gasteiger partial charge in [-0.25, -0.2) is 4.79 Å². The first-order valence-electron chi connectivity index (χ1n) is 5.13. The first kappa shape index (κ1) is 11.2. The van der Waals surface area contributed by atoms with Crippen molar-refractivity contribution in [1.82, 2.24) is 4.98 Å². The number of rotatable bonds is 4. The number of carboxylic acids is 2. The number of hydrogen-bond acceptors (Lipinski definition) is 2. The van der Waals surface area contributed by atoms with Gasteiger partial charge in [0.2, 0.25) is 0 Å². The van der Waals surface area contributed by atoms with Crippen molar-refractivity contribution in [2.75, 3.05) is 0 Å². The molecule has 0 aliphatic rings. The Morgan fingerprint density at radius 1 is 1.18 bits per heavy atom. The fourth-order valence-electron chi connectivity index (χ4n) is 1.70. The summed E-state index contributed by atoms with van der Waals surface area (Å²) < 4.78 is 0. The predicted molar refractivity (Wildman–Crippen MR) is 61.2 cm³/mol. The number of H-pyrrole nitrogens is 1. The number of hydrogen-bond donors (Lipinski definition) is 3. The van der Waals surface area contributed by atoms with Crippen LogP contribution in [0.2, 0.25) is 0 Å². The van der Waals surface area contributed by atoms with Gasteiger partial charge in [-0.1, -0.05) is 6.07 Å². The molecule has 0 fully saturated rings. The number of fused-ring (bicyclic) bond motifs is 1. The Bertz CT molecular complexity index is 585. The number of aromatic amines is 1. The minimum absolute atomic E-state index is 0.0711. The maximum absolute atomic E-state index is 10.8. The molecule has 0 aliphatic heterocycles. The summed E-state index contributed by atoms with van der Waals surface area (Å²) in [7, 11) is 0. The van der Waals surface area contributed by atoms with Crippen LogP contribution in [0.3, 0.4) is 0 Å². The van der Waals surface area contributed by atoms with Gasteiger partial charge in [-0.05, 0) is 30.2 Å². The Morgan fingerprint density at radius 2 is 1.94 bits per heavy atom. The van der Waals surface area contributed by atoms with Crippen LogP contribution in [0, 0.1) is 0 Å². The van der Waals surface area contributed by atoms with Gasteiger partial charge in [0, 0.05) is 17.3 Å². The van der Waals surface area contributed by atoms with Gasteiger partial charge in [-0.15, -0.1) is 0 Å². The fraction of sp³-hybridized carbons (Fsp3) is 0.167. The van der Waals surface area contributed by atoms with Crippen LogP contribution < -0.4 is 0 Å². The minimum atomic E-state index is -1.01. The molecule has 1 aromatic carbocycles. The summed E-state index contributed by atoms with van der Waals surface area (Å²) >= 11 is 0. The van der Waals surface area contributed by atoms with Crippen LogP contribution in [-0.4, -0.2) is 27.1 Å². The lowest BCUT2D eigenvalue weighted by molar-refractivity contribution is -0.136. The van der Waals surface area contributed by atoms with Crippen LogP contribution in [0.1, 0.15) is 22.5 Å². The zero-order valence-electron chi connectivity index (χ0n) is 8.93. The number of carboxylic acid groups (broad SMARTS) is 2. The van der Waals surface area contributed by atoms with E-state index in [1.807, 2.05) is 0 Å². The minimum Gasteiger partial charge on any atom is -0.481 e. The second-order valence-electron chi connectivity index (χ2n) is 3.80. The Labute approximate surface area is 96.7 Å². The van der Waals surface area contributed by atoms with Crippen LogP contribution in [0.15, 0.2) is 24.3 Å². The van der Waals surface area contributed by atoms with Gasteiger partial charge in [0.1, 0.15) is 5.69 Å². The van der Waals surface area contributed by atoms with E-state index in [-0.39, 0.29) is 12.1 Å². The van der Waals surface area contributed by atoms with Crippen molar-refractivity contribution in [3.05, 3.63) is 35.5 Å². The Morgan fingerprint density at radius 3 is 2.59 bits per heavy atom. The summed E-state index contributed by atoms with van der Waals surface area (Å²) in [5.41, 5.74) is 1.76. The SMILES string of the molecule is O=C(O)CCc1ccc2[nH]c(C(=O)O)cc2c1. The Balaban J connectivity index is 2.30. The molecule has 0 amide bonds. The molecule has 2 aromatic rings. The molecule has 0 aliphatic carbocycles. The molecule has 5 heteroatoms. The molecule has 17 heavy (non-hydrogen) atoms. The standard InChI is InChI=1S/C12H11NO4/c14-11(15)4-2-7-1-3-9-8(5-7)6-10(13-9)12(16)17/h1,3,5-6,13H,2,4H2,(H,14,15)(H,16,17). The van der Waals surface area contributed by atoms with E-state index in [9.17, 15) is 9.59 Å². The number of benzene rings is 1. The molecular formula is C12H11NO4. The largest absolute Gasteiger partial charge is 0.481 e. The average Bonchev–Trinajstić information content (AvgIpc) is 2.69. The molecule has 88 valence electrons. The third-order valence-corrected chi connectivity index (χ3v) is 2.54. The van der Waals surface area contributed by atoms with E-state index in [4.69, 9.17) is 10.2 Å². The number of aromatic carboxylic acids is 1. The highest BCUT2D eigenvalue weighted by atomic mass is 16.4. The lowest BCUT2D eigenvalue weighted by Gasteiger charge is -1.98. The summed E-state index contributed by atoms with van der Waals surface area (Å²) in [6.07, 6.45) is 0.514. The monoisotopic (exact) mass is 233 g/mol. The highest BCUT2D eigenvalue weighted by Crippen LogP contribution is 2.18. The van der Waals surface area contributed by atoms with Crippen molar-refractivity contribution in [2.24, 2.45) is 0 Å². The quantitative estimate of drug-likeness (QED) is 0.752. The Hall–Kier alpha value is -2.30. The van der Waals surface area contributed by atoms with Gasteiger partial charge in [0.05, 0.1) is 0 Å². The molecule has 1 heterocycles. The molecular weight excluding hydrogens is 222 g/mol.